The molecule has 1 atom stereocenters. The van der Waals surface area contributed by atoms with E-state index in [0.717, 1.165) is 25.9 Å². The minimum absolute atomic E-state index is 0.00972. The van der Waals surface area contributed by atoms with Gasteiger partial charge in [0.25, 0.3) is 5.91 Å². The highest BCUT2D eigenvalue weighted by molar-refractivity contribution is 7.89. The summed E-state index contributed by atoms with van der Waals surface area (Å²) in [5.41, 5.74) is 0.426. The zero-order valence-corrected chi connectivity index (χ0v) is 17.0. The Morgan fingerprint density at radius 1 is 1.33 bits per heavy atom. The lowest BCUT2D eigenvalue weighted by molar-refractivity contribution is 0.0917. The van der Waals surface area contributed by atoms with Gasteiger partial charge in [0.05, 0.1) is 11.8 Å². The monoisotopic (exact) mass is 397 g/mol. The summed E-state index contributed by atoms with van der Waals surface area (Å²) in [4.78, 5) is 12.5. The zero-order valence-electron chi connectivity index (χ0n) is 16.2. The summed E-state index contributed by atoms with van der Waals surface area (Å²) in [6, 6.07) is 2.05. The normalized spacial score (nSPS) is 22.9. The number of nitrogens with zero attached hydrogens (tertiary/aromatic N) is 3. The summed E-state index contributed by atoms with van der Waals surface area (Å²) in [5, 5.41) is 10.8. The van der Waals surface area contributed by atoms with Gasteiger partial charge in [0, 0.05) is 31.9 Å². The molecule has 2 N–H and O–H groups in total. The molecule has 152 valence electrons. The van der Waals surface area contributed by atoms with Crippen LogP contribution in [0.2, 0.25) is 0 Å². The number of hydrogen-bond donors (Lipinski definition) is 2. The van der Waals surface area contributed by atoms with Crippen LogP contribution in [-0.2, 0) is 10.0 Å². The number of hydrogen-bond acceptors (Lipinski definition) is 5. The fourth-order valence-electron chi connectivity index (χ4n) is 3.79. The van der Waals surface area contributed by atoms with Crippen LogP contribution in [0.1, 0.15) is 56.1 Å². The molecule has 2 aliphatic rings. The third-order valence-corrected chi connectivity index (χ3v) is 7.45. The molecule has 9 heteroatoms. The molecule has 2 saturated heterocycles. The smallest absolute Gasteiger partial charge is 0.271 e. The fourth-order valence-corrected chi connectivity index (χ4v) is 5.61. The zero-order chi connectivity index (χ0) is 19.4. The molecule has 0 bridgehead atoms. The van der Waals surface area contributed by atoms with E-state index in [1.807, 2.05) is 24.7 Å². The molecule has 2 aliphatic heterocycles. The van der Waals surface area contributed by atoms with Gasteiger partial charge in [-0.3, -0.25) is 9.48 Å². The van der Waals surface area contributed by atoms with Crippen molar-refractivity contribution in [1.29, 1.82) is 0 Å². The highest BCUT2D eigenvalue weighted by atomic mass is 32.2. The number of piperidine rings is 2. The van der Waals surface area contributed by atoms with E-state index in [1.54, 1.807) is 10.4 Å². The molecule has 1 aromatic rings. The van der Waals surface area contributed by atoms with Crippen LogP contribution in [0.15, 0.2) is 12.3 Å². The summed E-state index contributed by atoms with van der Waals surface area (Å²) >= 11 is 0. The number of nitrogens with one attached hydrogen (secondary N) is 2. The third kappa shape index (κ3) is 5.30. The molecular formula is C18H31N5O3S. The largest absolute Gasteiger partial charge is 0.348 e. The molecule has 3 heterocycles. The molecule has 0 aliphatic carbocycles. The Balaban J connectivity index is 1.50. The minimum Gasteiger partial charge on any atom is -0.348 e. The van der Waals surface area contributed by atoms with Gasteiger partial charge in [-0.2, -0.15) is 5.10 Å². The van der Waals surface area contributed by atoms with Crippen LogP contribution in [-0.4, -0.2) is 66.4 Å². The van der Waals surface area contributed by atoms with Gasteiger partial charge in [-0.15, -0.1) is 0 Å². The number of carbonyl (C=O) groups excluding carboxylic acids is 1. The summed E-state index contributed by atoms with van der Waals surface area (Å²) in [6.45, 7) is 6.66. The van der Waals surface area contributed by atoms with Crippen molar-refractivity contribution >= 4 is 15.9 Å². The topological polar surface area (TPSA) is 96.3 Å². The average molecular weight is 398 g/mol. The summed E-state index contributed by atoms with van der Waals surface area (Å²) in [7, 11) is -3.20. The van der Waals surface area contributed by atoms with E-state index in [2.05, 4.69) is 15.7 Å². The third-order valence-electron chi connectivity index (χ3n) is 5.21. The van der Waals surface area contributed by atoms with E-state index in [1.165, 1.54) is 0 Å². The Hall–Kier alpha value is -1.45. The van der Waals surface area contributed by atoms with Gasteiger partial charge in [-0.05, 0) is 44.2 Å². The van der Waals surface area contributed by atoms with Crippen molar-refractivity contribution in [3.8, 4) is 0 Å². The number of carbonyl (C=O) groups is 1. The molecule has 0 aromatic carbocycles. The lowest BCUT2D eigenvalue weighted by Gasteiger charge is -2.31. The summed E-state index contributed by atoms with van der Waals surface area (Å²) in [5.74, 6) is 0.111. The molecule has 1 unspecified atom stereocenters. The van der Waals surface area contributed by atoms with Gasteiger partial charge in [-0.1, -0.05) is 13.8 Å². The lowest BCUT2D eigenvalue weighted by atomic mass is 10.1. The molecule has 0 radical (unpaired) electrons. The maximum atomic E-state index is 12.5. The maximum Gasteiger partial charge on any atom is 0.271 e. The number of sulfonamides is 1. The van der Waals surface area contributed by atoms with Gasteiger partial charge in [0.1, 0.15) is 5.69 Å². The second kappa shape index (κ2) is 8.70. The Labute approximate surface area is 161 Å². The molecule has 1 aromatic heterocycles. The van der Waals surface area contributed by atoms with Crippen molar-refractivity contribution in [2.24, 2.45) is 5.92 Å². The molecule has 1 amide bonds. The quantitative estimate of drug-likeness (QED) is 0.746. The van der Waals surface area contributed by atoms with E-state index in [0.29, 0.717) is 37.7 Å². The Morgan fingerprint density at radius 3 is 2.70 bits per heavy atom. The first-order valence-corrected chi connectivity index (χ1v) is 11.5. The minimum atomic E-state index is -3.20. The van der Waals surface area contributed by atoms with Gasteiger partial charge >= 0.3 is 0 Å². The van der Waals surface area contributed by atoms with Crippen LogP contribution in [0.25, 0.3) is 0 Å². The van der Waals surface area contributed by atoms with E-state index >= 15 is 0 Å². The highest BCUT2D eigenvalue weighted by Gasteiger charge is 2.29. The summed E-state index contributed by atoms with van der Waals surface area (Å²) in [6.07, 6.45) is 5.32. The second-order valence-corrected chi connectivity index (χ2v) is 10.0. The molecule has 0 saturated carbocycles. The fraction of sp³-hybridized carbons (Fsp3) is 0.778. The van der Waals surface area contributed by atoms with Crippen molar-refractivity contribution in [3.05, 3.63) is 18.0 Å². The second-order valence-electron chi connectivity index (χ2n) is 8.00. The molecule has 27 heavy (non-hydrogen) atoms. The lowest BCUT2D eigenvalue weighted by Crippen LogP contribution is -2.47. The summed E-state index contributed by atoms with van der Waals surface area (Å²) < 4.78 is 28.1. The van der Waals surface area contributed by atoms with Crippen LogP contribution in [0, 0.1) is 5.92 Å². The van der Waals surface area contributed by atoms with Crippen molar-refractivity contribution in [2.75, 3.05) is 31.9 Å². The van der Waals surface area contributed by atoms with Gasteiger partial charge in [0.15, 0.2) is 0 Å². The Morgan fingerprint density at radius 2 is 2.07 bits per heavy atom. The number of amides is 1. The predicted octanol–water partition coefficient (Wildman–Crippen LogP) is 0.988. The standard InChI is InChI=1S/C18H31N5O3S/c1-14(2)13-27(25,26)22-9-5-15(6-10-22)20-18(24)17-7-11-23(21-17)16-4-3-8-19-12-16/h7,11,14-16,19H,3-6,8-10,12-13H2,1-2H3,(H,20,24). The first-order chi connectivity index (χ1) is 12.8. The van der Waals surface area contributed by atoms with Crippen LogP contribution in [0.3, 0.4) is 0 Å². The average Bonchev–Trinajstić information content (AvgIpc) is 3.12. The van der Waals surface area contributed by atoms with Crippen molar-refractivity contribution in [2.45, 2.75) is 51.6 Å². The first-order valence-electron chi connectivity index (χ1n) is 9.89. The number of aromatic nitrogens is 2. The maximum absolute atomic E-state index is 12.5. The predicted molar refractivity (Wildman–Crippen MR) is 104 cm³/mol. The van der Waals surface area contributed by atoms with E-state index < -0.39 is 10.0 Å². The Kier molecular flexibility index (Phi) is 6.54. The molecule has 2 fully saturated rings. The SMILES string of the molecule is CC(C)CS(=O)(=O)N1CCC(NC(=O)c2ccn(C3CCCNC3)n2)CC1. The van der Waals surface area contributed by atoms with Gasteiger partial charge < -0.3 is 10.6 Å². The highest BCUT2D eigenvalue weighted by Crippen LogP contribution is 2.18. The first kappa shape index (κ1) is 20.3. The van der Waals surface area contributed by atoms with E-state index in [9.17, 15) is 13.2 Å². The van der Waals surface area contributed by atoms with Crippen LogP contribution < -0.4 is 10.6 Å². The van der Waals surface area contributed by atoms with E-state index in [4.69, 9.17) is 0 Å². The van der Waals surface area contributed by atoms with Crippen LogP contribution in [0.5, 0.6) is 0 Å². The van der Waals surface area contributed by atoms with Crippen LogP contribution in [0.4, 0.5) is 0 Å². The molecule has 0 spiro atoms. The van der Waals surface area contributed by atoms with Crippen LogP contribution >= 0.6 is 0 Å². The number of rotatable bonds is 6. The van der Waals surface area contributed by atoms with E-state index in [-0.39, 0.29) is 23.6 Å². The molecule has 3 rings (SSSR count). The van der Waals surface area contributed by atoms with Gasteiger partial charge in [-0.25, -0.2) is 12.7 Å². The molecular weight excluding hydrogens is 366 g/mol. The van der Waals surface area contributed by atoms with Crippen molar-refractivity contribution in [1.82, 2.24) is 24.7 Å². The molecule has 8 nitrogen and oxygen atoms in total. The van der Waals surface area contributed by atoms with Gasteiger partial charge in [0.2, 0.25) is 10.0 Å². The van der Waals surface area contributed by atoms with Crippen molar-refractivity contribution < 1.29 is 13.2 Å². The van der Waals surface area contributed by atoms with Crippen molar-refractivity contribution in [3.63, 3.8) is 0 Å². The Bertz CT molecular complexity index is 732.